The second-order valence-electron chi connectivity index (χ2n) is 17.9. The number of aliphatic imine (C=N–C) groups is 1. The molecule has 22 nitrogen and oxygen atoms in total. The monoisotopic (exact) mass is 977 g/mol. The molecule has 1 aliphatic rings. The van der Waals surface area contributed by atoms with E-state index in [4.69, 9.17) is 22.9 Å². The molecular formula is C48H72N12O10. The Morgan fingerprint density at radius 2 is 1.29 bits per heavy atom. The van der Waals surface area contributed by atoms with Gasteiger partial charge in [0.1, 0.15) is 42.3 Å². The maximum Gasteiger partial charge on any atom is 0.326 e. The molecule has 0 unspecified atom stereocenters. The Bertz CT molecular complexity index is 2170. The molecule has 0 bridgehead atoms. The summed E-state index contributed by atoms with van der Waals surface area (Å²) in [6.45, 7) is 8.43. The topological polar surface area (TPSA) is 366 Å². The molecule has 3 rings (SSSR count). The van der Waals surface area contributed by atoms with Gasteiger partial charge in [-0.1, -0.05) is 88.7 Å². The number of nitrogens with zero attached hydrogens (tertiary/aromatic N) is 2. The van der Waals surface area contributed by atoms with Gasteiger partial charge >= 0.3 is 5.97 Å². The highest BCUT2D eigenvalue weighted by atomic mass is 16.4. The van der Waals surface area contributed by atoms with Gasteiger partial charge < -0.3 is 64.8 Å². The van der Waals surface area contributed by atoms with Crippen LogP contribution in [0.5, 0.6) is 0 Å². The standard InChI is InChI=1S/C48H72N12O10/c1-6-28(4)40(47(69)70)59-43(65)36(25-38(50)62)57-41(63)33(19-12-13-21-49)55-42(64)35(23-30-15-8-7-9-16-30)58-44(66)37-24-31-17-10-11-18-32(31)26-60(37)46(68)34(20-14-22-53-48(51)52)56-45(67)39(27(2)3)54-29(5)61/h7-11,15-18,27-28,33-37,39-40H,6,12-14,19-26,49H2,1-5H3,(H2,50,62)(H,54,61)(H,55,64)(H,56,67)(H,57,63)(H,58,66)(H,59,65)(H,69,70)(H4,51,52,53)/t28-,33-,34-,35-,36-,37-,39-,40-/m0/s1. The zero-order chi connectivity index (χ0) is 52.1. The molecule has 1 aliphatic heterocycles. The lowest BCUT2D eigenvalue weighted by atomic mass is 9.92. The first-order chi connectivity index (χ1) is 33.2. The molecule has 70 heavy (non-hydrogen) atoms. The second-order valence-corrected chi connectivity index (χ2v) is 17.9. The van der Waals surface area contributed by atoms with Crippen molar-refractivity contribution in [1.82, 2.24) is 36.8 Å². The van der Waals surface area contributed by atoms with Crippen molar-refractivity contribution in [3.05, 3.63) is 71.3 Å². The van der Waals surface area contributed by atoms with Gasteiger partial charge in [0.05, 0.1) is 6.42 Å². The minimum Gasteiger partial charge on any atom is -0.480 e. The van der Waals surface area contributed by atoms with Gasteiger partial charge in [-0.25, -0.2) is 4.79 Å². The number of benzene rings is 2. The molecule has 0 spiro atoms. The fourth-order valence-electron chi connectivity index (χ4n) is 7.95. The van der Waals surface area contributed by atoms with E-state index in [9.17, 15) is 48.3 Å². The predicted molar refractivity (Wildman–Crippen MR) is 260 cm³/mol. The minimum atomic E-state index is -1.61. The lowest BCUT2D eigenvalue weighted by Gasteiger charge is -2.39. The van der Waals surface area contributed by atoms with Crippen molar-refractivity contribution in [2.45, 2.75) is 141 Å². The first kappa shape index (κ1) is 57.2. The number of guanidine groups is 1. The van der Waals surface area contributed by atoms with Crippen LogP contribution in [0.25, 0.3) is 0 Å². The van der Waals surface area contributed by atoms with E-state index in [1.807, 2.05) is 12.1 Å². The van der Waals surface area contributed by atoms with Gasteiger partial charge in [-0.2, -0.15) is 0 Å². The Kier molecular flexibility index (Phi) is 23.2. The zero-order valence-electron chi connectivity index (χ0n) is 40.7. The number of carbonyl (C=O) groups is 9. The van der Waals surface area contributed by atoms with E-state index in [-0.39, 0.29) is 63.6 Å². The van der Waals surface area contributed by atoms with Crippen LogP contribution in [-0.2, 0) is 62.5 Å². The smallest absolute Gasteiger partial charge is 0.326 e. The summed E-state index contributed by atoms with van der Waals surface area (Å²) in [6.07, 6.45) is 0.730. The maximum atomic E-state index is 14.8. The van der Waals surface area contributed by atoms with Gasteiger partial charge in [0.2, 0.25) is 47.3 Å². The number of hydrogen-bond donors (Lipinski definition) is 11. The largest absolute Gasteiger partial charge is 0.480 e. The van der Waals surface area contributed by atoms with Crippen molar-refractivity contribution >= 4 is 59.2 Å². The fourth-order valence-corrected chi connectivity index (χ4v) is 7.95. The average molecular weight is 977 g/mol. The number of primary amides is 1. The minimum absolute atomic E-state index is 0.00783. The maximum absolute atomic E-state index is 14.8. The number of unbranched alkanes of at least 4 members (excludes halogenated alkanes) is 1. The first-order valence-corrected chi connectivity index (χ1v) is 23.6. The summed E-state index contributed by atoms with van der Waals surface area (Å²) in [5, 5.41) is 25.6. The number of carbonyl (C=O) groups excluding carboxylic acids is 8. The van der Waals surface area contributed by atoms with Crippen LogP contribution in [0.4, 0.5) is 0 Å². The third-order valence-corrected chi connectivity index (χ3v) is 12.0. The molecule has 0 aliphatic carbocycles. The molecule has 0 radical (unpaired) electrons. The molecular weight excluding hydrogens is 905 g/mol. The number of aliphatic carboxylic acids is 1. The Labute approximate surface area is 408 Å². The number of carboxylic acid groups (broad SMARTS) is 1. The van der Waals surface area contributed by atoms with E-state index >= 15 is 0 Å². The molecule has 8 atom stereocenters. The lowest BCUT2D eigenvalue weighted by molar-refractivity contribution is -0.146. The van der Waals surface area contributed by atoms with Gasteiger partial charge in [0.25, 0.3) is 0 Å². The molecule has 0 fully saturated rings. The van der Waals surface area contributed by atoms with Crippen LogP contribution in [0.2, 0.25) is 0 Å². The van der Waals surface area contributed by atoms with Crippen LogP contribution in [0.3, 0.4) is 0 Å². The number of nitrogens with one attached hydrogen (secondary N) is 6. The van der Waals surface area contributed by atoms with E-state index < -0.39 is 108 Å². The van der Waals surface area contributed by atoms with Gasteiger partial charge in [-0.05, 0) is 67.2 Å². The number of hydrogen-bond acceptors (Lipinski definition) is 11. The van der Waals surface area contributed by atoms with Gasteiger partial charge in [0, 0.05) is 32.9 Å². The van der Waals surface area contributed by atoms with Gasteiger partial charge in [-0.3, -0.25) is 43.3 Å². The van der Waals surface area contributed by atoms with Crippen molar-refractivity contribution in [2.75, 3.05) is 13.1 Å². The van der Waals surface area contributed by atoms with Crippen LogP contribution in [0.1, 0.15) is 96.3 Å². The predicted octanol–water partition coefficient (Wildman–Crippen LogP) is -1.04. The third-order valence-electron chi connectivity index (χ3n) is 12.0. The van der Waals surface area contributed by atoms with Gasteiger partial charge in [-0.15, -0.1) is 0 Å². The summed E-state index contributed by atoms with van der Waals surface area (Å²) in [6, 6.07) is 6.88. The fraction of sp³-hybridized carbons (Fsp3) is 0.542. The first-order valence-electron chi connectivity index (χ1n) is 23.6. The summed E-state index contributed by atoms with van der Waals surface area (Å²) >= 11 is 0. The molecule has 0 saturated carbocycles. The molecule has 0 saturated heterocycles. The molecule has 15 N–H and O–H groups in total. The van der Waals surface area contributed by atoms with Crippen molar-refractivity contribution in [3.8, 4) is 0 Å². The third kappa shape index (κ3) is 18.1. The number of fused-ring (bicyclic) bond motifs is 1. The number of amides is 8. The van der Waals surface area contributed by atoms with E-state index in [1.54, 1.807) is 70.2 Å². The number of nitrogens with two attached hydrogens (primary N) is 4. The highest BCUT2D eigenvalue weighted by Crippen LogP contribution is 2.26. The molecule has 384 valence electrons. The van der Waals surface area contributed by atoms with Gasteiger partial charge in [0.15, 0.2) is 5.96 Å². The summed E-state index contributed by atoms with van der Waals surface area (Å²) in [5.41, 5.74) is 24.4. The summed E-state index contributed by atoms with van der Waals surface area (Å²) in [4.78, 5) is 127. The highest BCUT2D eigenvalue weighted by molar-refractivity contribution is 5.98. The number of carboxylic acids is 1. The second kappa shape index (κ2) is 28.4. The quantitative estimate of drug-likeness (QED) is 0.0276. The molecule has 0 aromatic heterocycles. The van der Waals surface area contributed by atoms with E-state index in [0.717, 1.165) is 11.1 Å². The zero-order valence-corrected chi connectivity index (χ0v) is 40.7. The summed E-state index contributed by atoms with van der Waals surface area (Å²) in [7, 11) is 0. The highest BCUT2D eigenvalue weighted by Gasteiger charge is 2.41. The van der Waals surface area contributed by atoms with E-state index in [1.165, 1.54) is 11.8 Å². The van der Waals surface area contributed by atoms with Crippen LogP contribution in [-0.4, -0.2) is 125 Å². The molecule has 2 aromatic carbocycles. The molecule has 1 heterocycles. The Morgan fingerprint density at radius 1 is 0.700 bits per heavy atom. The van der Waals surface area contributed by atoms with Crippen LogP contribution in [0, 0.1) is 11.8 Å². The summed E-state index contributed by atoms with van der Waals surface area (Å²) in [5.74, 6) is -8.40. The lowest BCUT2D eigenvalue weighted by Crippen LogP contribution is -2.62. The van der Waals surface area contributed by atoms with Crippen molar-refractivity contribution in [3.63, 3.8) is 0 Å². The Balaban J connectivity index is 2.03. The van der Waals surface area contributed by atoms with E-state index in [0.29, 0.717) is 24.8 Å². The molecule has 2 aromatic rings. The number of rotatable bonds is 28. The van der Waals surface area contributed by atoms with Crippen LogP contribution < -0.4 is 54.8 Å². The van der Waals surface area contributed by atoms with Crippen molar-refractivity contribution < 1.29 is 48.3 Å². The molecule has 22 heteroatoms. The van der Waals surface area contributed by atoms with Crippen LogP contribution >= 0.6 is 0 Å². The normalized spacial score (nSPS) is 16.0. The SMILES string of the molecule is CC[C@H](C)[C@H](NC(=O)[C@H](CC(N)=O)NC(=O)[C@H](CCCCN)NC(=O)[C@H](Cc1ccccc1)NC(=O)[C@@H]1Cc2ccccc2CN1C(=O)[C@H](CCCN=C(N)N)NC(=O)[C@@H](NC(C)=O)C(C)C)C(=O)O. The Hall–Kier alpha value is -7.10. The van der Waals surface area contributed by atoms with Crippen molar-refractivity contribution in [2.24, 2.45) is 39.8 Å². The average Bonchev–Trinajstić information content (AvgIpc) is 3.31. The van der Waals surface area contributed by atoms with E-state index in [2.05, 4.69) is 36.9 Å². The van der Waals surface area contributed by atoms with Crippen LogP contribution in [0.15, 0.2) is 59.6 Å². The summed E-state index contributed by atoms with van der Waals surface area (Å²) < 4.78 is 0. The Morgan fingerprint density at radius 3 is 1.87 bits per heavy atom. The molecule has 8 amide bonds. The van der Waals surface area contributed by atoms with Crippen molar-refractivity contribution in [1.29, 1.82) is 0 Å².